The van der Waals surface area contributed by atoms with E-state index in [4.69, 9.17) is 14.7 Å². The highest BCUT2D eigenvalue weighted by molar-refractivity contribution is 6.09. The molecular formula is C31H35N3O4. The van der Waals surface area contributed by atoms with Gasteiger partial charge in [0.25, 0.3) is 0 Å². The highest BCUT2D eigenvalue weighted by atomic mass is 16.5. The van der Waals surface area contributed by atoms with Gasteiger partial charge in [-0.1, -0.05) is 48.7 Å². The quantitative estimate of drug-likeness (QED) is 0.195. The van der Waals surface area contributed by atoms with Crippen molar-refractivity contribution in [3.05, 3.63) is 77.3 Å². The molecule has 0 saturated heterocycles. The van der Waals surface area contributed by atoms with E-state index in [0.717, 1.165) is 46.7 Å². The van der Waals surface area contributed by atoms with E-state index >= 15 is 0 Å². The zero-order valence-electron chi connectivity index (χ0n) is 21.9. The lowest BCUT2D eigenvalue weighted by molar-refractivity contribution is -0.132. The van der Waals surface area contributed by atoms with Gasteiger partial charge >= 0.3 is 5.97 Å². The summed E-state index contributed by atoms with van der Waals surface area (Å²) in [4.78, 5) is 12.0. The van der Waals surface area contributed by atoms with E-state index in [1.165, 1.54) is 32.1 Å². The third-order valence-electron chi connectivity index (χ3n) is 7.78. The first-order chi connectivity index (χ1) is 18.4. The van der Waals surface area contributed by atoms with Crippen LogP contribution in [0.2, 0.25) is 0 Å². The Morgan fingerprint density at radius 3 is 2.55 bits per heavy atom. The maximum Gasteiger partial charge on any atom is 0.339 e. The van der Waals surface area contributed by atoms with E-state index in [-0.39, 0.29) is 23.5 Å². The molecule has 2 fully saturated rings. The van der Waals surface area contributed by atoms with E-state index in [9.17, 15) is 9.90 Å². The number of carbonyl (C=O) groups is 1. The van der Waals surface area contributed by atoms with E-state index in [1.54, 1.807) is 0 Å². The predicted molar refractivity (Wildman–Crippen MR) is 148 cm³/mol. The van der Waals surface area contributed by atoms with Crippen molar-refractivity contribution in [2.45, 2.75) is 64.4 Å². The summed E-state index contributed by atoms with van der Waals surface area (Å²) in [6.07, 6.45) is 8.19. The maximum atomic E-state index is 12.0. The Kier molecular flexibility index (Phi) is 7.63. The molecule has 1 aromatic heterocycles. The number of hydrogen-bond acceptors (Lipinski definition) is 6. The van der Waals surface area contributed by atoms with Gasteiger partial charge in [0.05, 0.1) is 17.4 Å². The number of carboxylic acids is 1. The molecule has 3 aromatic rings. The number of ether oxygens (including phenoxy) is 1. The molecule has 0 aliphatic heterocycles. The lowest BCUT2D eigenvalue weighted by Crippen LogP contribution is -2.25. The minimum absolute atomic E-state index is 0.0381. The van der Waals surface area contributed by atoms with Gasteiger partial charge in [-0.2, -0.15) is 0 Å². The Balaban J connectivity index is 1.36. The number of nitrogens with one attached hydrogen (secondary N) is 2. The van der Waals surface area contributed by atoms with Crippen LogP contribution < -0.4 is 10.1 Å². The van der Waals surface area contributed by atoms with Gasteiger partial charge in [0.15, 0.2) is 0 Å². The lowest BCUT2D eigenvalue weighted by Gasteiger charge is -2.28. The van der Waals surface area contributed by atoms with Crippen LogP contribution >= 0.6 is 0 Å². The molecule has 5 rings (SSSR count). The molecule has 7 nitrogen and oxygen atoms in total. The topological polar surface area (TPSA) is 108 Å². The van der Waals surface area contributed by atoms with Gasteiger partial charge in [-0.3, -0.25) is 0 Å². The van der Waals surface area contributed by atoms with Crippen molar-refractivity contribution in [1.29, 1.82) is 5.41 Å². The normalized spacial score (nSPS) is 20.8. The second kappa shape index (κ2) is 11.3. The van der Waals surface area contributed by atoms with E-state index < -0.39 is 5.97 Å². The van der Waals surface area contributed by atoms with Gasteiger partial charge in [-0.15, -0.1) is 0 Å². The van der Waals surface area contributed by atoms with Crippen molar-refractivity contribution < 1.29 is 19.2 Å². The fraction of sp³-hybridized carbons (Fsp3) is 0.387. The van der Waals surface area contributed by atoms with Gasteiger partial charge in [0, 0.05) is 35.5 Å². The molecule has 0 amide bonds. The Labute approximate surface area is 223 Å². The van der Waals surface area contributed by atoms with Crippen LogP contribution in [0.1, 0.15) is 62.8 Å². The summed E-state index contributed by atoms with van der Waals surface area (Å²) in [7, 11) is 0. The smallest absolute Gasteiger partial charge is 0.339 e. The number of aliphatic carboxylic acids is 1. The molecule has 3 N–H and O–H groups in total. The van der Waals surface area contributed by atoms with Crippen LogP contribution in [0.25, 0.3) is 11.1 Å². The van der Waals surface area contributed by atoms with Crippen molar-refractivity contribution in [3.8, 4) is 16.9 Å². The highest BCUT2D eigenvalue weighted by Crippen LogP contribution is 2.52. The minimum Gasteiger partial charge on any atom is -0.490 e. The molecule has 7 heteroatoms. The largest absolute Gasteiger partial charge is 0.490 e. The first-order valence-corrected chi connectivity index (χ1v) is 13.5. The van der Waals surface area contributed by atoms with Gasteiger partial charge in [0.1, 0.15) is 11.5 Å². The van der Waals surface area contributed by atoms with Crippen molar-refractivity contribution in [3.63, 3.8) is 0 Å². The molecule has 0 radical (unpaired) electrons. The highest BCUT2D eigenvalue weighted by Gasteiger charge is 2.45. The average Bonchev–Trinajstić information content (AvgIpc) is 3.61. The third kappa shape index (κ3) is 5.82. The van der Waals surface area contributed by atoms with Crippen molar-refractivity contribution in [1.82, 2.24) is 5.16 Å². The van der Waals surface area contributed by atoms with Crippen LogP contribution in [0.15, 0.2) is 70.4 Å². The first kappa shape index (κ1) is 25.8. The molecule has 2 unspecified atom stereocenters. The van der Waals surface area contributed by atoms with Gasteiger partial charge < -0.3 is 25.1 Å². The summed E-state index contributed by atoms with van der Waals surface area (Å²) in [6, 6.07) is 17.9. The summed E-state index contributed by atoms with van der Waals surface area (Å²) in [5, 5.41) is 24.9. The number of allylic oxidation sites excluding steroid dienone is 1. The predicted octanol–water partition coefficient (Wildman–Crippen LogP) is 7.20. The summed E-state index contributed by atoms with van der Waals surface area (Å²) >= 11 is 0. The van der Waals surface area contributed by atoms with Crippen LogP contribution in [0, 0.1) is 24.2 Å². The second-order valence-corrected chi connectivity index (χ2v) is 10.6. The third-order valence-corrected chi connectivity index (χ3v) is 7.78. The minimum atomic E-state index is -1.13. The van der Waals surface area contributed by atoms with Gasteiger partial charge in [-0.05, 0) is 74.4 Å². The van der Waals surface area contributed by atoms with Gasteiger partial charge in [-0.25, -0.2) is 4.79 Å². The van der Waals surface area contributed by atoms with Crippen LogP contribution in [0.3, 0.4) is 0 Å². The standard InChI is InChI=1S/C31H35N3O4/c1-19-14-29(38-34-19)26-17-27(26)30(28(18-32)31(35)36)33-24-12-6-10-22(15-24)23-11-7-13-25(16-23)37-20(2)21-8-4-3-5-9-21/h6-7,10-16,18,20-21,26-27,32-33H,3-5,8-9,17H2,1-2H3,(H,35,36)/b30-28+,32-18?/t20?,26?,27-/m1/s1. The summed E-state index contributed by atoms with van der Waals surface area (Å²) < 4.78 is 11.8. The molecule has 2 aromatic carbocycles. The molecule has 3 atom stereocenters. The molecule has 2 aliphatic rings. The molecule has 2 aliphatic carbocycles. The van der Waals surface area contributed by atoms with Crippen molar-refractivity contribution >= 4 is 17.9 Å². The maximum absolute atomic E-state index is 12.0. The number of benzene rings is 2. The number of aryl methyl sites for hydroxylation is 1. The molecular weight excluding hydrogens is 478 g/mol. The van der Waals surface area contributed by atoms with Crippen LogP contribution in [-0.4, -0.2) is 28.6 Å². The number of hydrogen-bond donors (Lipinski definition) is 3. The molecule has 0 spiro atoms. The summed E-state index contributed by atoms with van der Waals surface area (Å²) in [6.45, 7) is 4.04. The zero-order chi connectivity index (χ0) is 26.6. The monoisotopic (exact) mass is 513 g/mol. The Hall–Kier alpha value is -3.87. The van der Waals surface area contributed by atoms with Crippen molar-refractivity contribution in [2.75, 3.05) is 5.32 Å². The number of carboxylic acid groups (broad SMARTS) is 1. The van der Waals surface area contributed by atoms with E-state index in [1.807, 2.05) is 49.4 Å². The molecule has 1 heterocycles. The number of aromatic nitrogens is 1. The number of anilines is 1. The number of nitrogens with zero attached hydrogens (tertiary/aromatic N) is 1. The summed E-state index contributed by atoms with van der Waals surface area (Å²) in [5.74, 6) is 1.03. The Morgan fingerprint density at radius 1 is 1.13 bits per heavy atom. The van der Waals surface area contributed by atoms with Crippen LogP contribution in [-0.2, 0) is 4.79 Å². The van der Waals surface area contributed by atoms with E-state index in [0.29, 0.717) is 11.6 Å². The first-order valence-electron chi connectivity index (χ1n) is 13.5. The zero-order valence-corrected chi connectivity index (χ0v) is 21.9. The number of rotatable bonds is 10. The molecule has 2 saturated carbocycles. The van der Waals surface area contributed by atoms with E-state index in [2.05, 4.69) is 29.5 Å². The fourth-order valence-electron chi connectivity index (χ4n) is 5.60. The Morgan fingerprint density at radius 2 is 1.87 bits per heavy atom. The summed E-state index contributed by atoms with van der Waals surface area (Å²) in [5.41, 5.74) is 4.05. The van der Waals surface area contributed by atoms with Crippen LogP contribution in [0.4, 0.5) is 5.69 Å². The van der Waals surface area contributed by atoms with Gasteiger partial charge in [0.2, 0.25) is 0 Å². The molecule has 38 heavy (non-hydrogen) atoms. The SMILES string of the molecule is Cc1cc(C2C[C@H]2/C(Nc2cccc(-c3cccc(OC(C)C4CCCCC4)c3)c2)=C(/C=N)C(=O)O)on1. The average molecular weight is 514 g/mol. The van der Waals surface area contributed by atoms with Crippen LogP contribution in [0.5, 0.6) is 5.75 Å². The fourth-order valence-corrected chi connectivity index (χ4v) is 5.60. The van der Waals surface area contributed by atoms with Crippen molar-refractivity contribution in [2.24, 2.45) is 11.8 Å². The lowest BCUT2D eigenvalue weighted by atomic mass is 9.86. The molecule has 0 bridgehead atoms. The Bertz CT molecular complexity index is 1340. The molecule has 198 valence electrons. The second-order valence-electron chi connectivity index (χ2n) is 10.6.